The Morgan fingerprint density at radius 1 is 1.26 bits per heavy atom. The number of anilines is 4. The monoisotopic (exact) mass is 594 g/mol. The lowest BCUT2D eigenvalue weighted by Gasteiger charge is -2.30. The zero-order valence-corrected chi connectivity index (χ0v) is 24.2. The number of carbonyl (C=O) groups is 1. The molecule has 0 saturated carbocycles. The number of halogens is 2. The van der Waals surface area contributed by atoms with Crippen molar-refractivity contribution in [1.29, 1.82) is 0 Å². The van der Waals surface area contributed by atoms with Gasteiger partial charge in [-0.25, -0.2) is 13.8 Å². The first kappa shape index (κ1) is 29.1. The van der Waals surface area contributed by atoms with Crippen LogP contribution in [-0.2, 0) is 18.4 Å². The van der Waals surface area contributed by atoms with Crippen molar-refractivity contribution in [3.63, 3.8) is 0 Å². The number of amides is 1. The number of thiocarbonyl (C=S) groups is 1. The number of aryl methyl sites for hydroxylation is 1. The van der Waals surface area contributed by atoms with E-state index in [0.29, 0.717) is 72.4 Å². The molecule has 0 unspecified atom stereocenters. The highest BCUT2D eigenvalue weighted by atomic mass is 32.1. The molecule has 1 aliphatic heterocycles. The fraction of sp³-hybridized carbons (Fsp3) is 0.310. The minimum Gasteiger partial charge on any atom is -0.386 e. The largest absolute Gasteiger partial charge is 0.386 e. The van der Waals surface area contributed by atoms with E-state index in [1.165, 1.54) is 10.1 Å². The third-order valence-electron chi connectivity index (χ3n) is 7.42. The van der Waals surface area contributed by atoms with E-state index in [1.807, 2.05) is 12.1 Å². The van der Waals surface area contributed by atoms with E-state index in [2.05, 4.69) is 20.6 Å². The van der Waals surface area contributed by atoms with Crippen LogP contribution in [0.1, 0.15) is 24.8 Å². The lowest BCUT2D eigenvalue weighted by Crippen LogP contribution is -2.37. The van der Waals surface area contributed by atoms with Crippen molar-refractivity contribution in [1.82, 2.24) is 19.9 Å². The fourth-order valence-corrected chi connectivity index (χ4v) is 5.54. The van der Waals surface area contributed by atoms with Gasteiger partial charge in [0.1, 0.15) is 11.3 Å². The van der Waals surface area contributed by atoms with Crippen molar-refractivity contribution in [3.8, 4) is 11.1 Å². The molecule has 4 heterocycles. The molecule has 1 amide bonds. The third-order valence-corrected chi connectivity index (χ3v) is 7.59. The number of carbonyl (C=O) groups excluding carboxylic acids is 1. The van der Waals surface area contributed by atoms with E-state index < -0.39 is 11.6 Å². The number of nitrogens with two attached hydrogens (primary N) is 1. The lowest BCUT2D eigenvalue weighted by molar-refractivity contribution is -0.118. The van der Waals surface area contributed by atoms with Crippen LogP contribution in [0.15, 0.2) is 41.6 Å². The van der Waals surface area contributed by atoms with Crippen molar-refractivity contribution in [2.45, 2.75) is 25.8 Å². The molecule has 0 atom stereocenters. The van der Waals surface area contributed by atoms with E-state index in [1.54, 1.807) is 36.3 Å². The molecule has 10 nitrogen and oxygen atoms in total. The van der Waals surface area contributed by atoms with Gasteiger partial charge >= 0.3 is 0 Å². The number of rotatable bonds is 11. The van der Waals surface area contributed by atoms with Gasteiger partial charge in [-0.15, -0.1) is 0 Å². The van der Waals surface area contributed by atoms with E-state index in [9.17, 15) is 14.0 Å². The molecule has 5 N–H and O–H groups in total. The van der Waals surface area contributed by atoms with Crippen LogP contribution in [0, 0.1) is 11.6 Å². The third kappa shape index (κ3) is 5.32. The smallest absolute Gasteiger partial charge is 0.274 e. The molecule has 220 valence electrons. The molecule has 0 aliphatic carbocycles. The van der Waals surface area contributed by atoms with Gasteiger partial charge < -0.3 is 35.7 Å². The summed E-state index contributed by atoms with van der Waals surface area (Å²) in [7, 11) is 3.42. The van der Waals surface area contributed by atoms with E-state index in [4.69, 9.17) is 18.0 Å². The lowest BCUT2D eigenvalue weighted by atomic mass is 9.99. The summed E-state index contributed by atoms with van der Waals surface area (Å²) in [6, 6.07) is 4.49. The molecule has 1 aliphatic rings. The van der Waals surface area contributed by atoms with Crippen LogP contribution in [-0.4, -0.2) is 52.6 Å². The van der Waals surface area contributed by atoms with Crippen LogP contribution in [0.25, 0.3) is 22.0 Å². The van der Waals surface area contributed by atoms with Crippen LogP contribution < -0.4 is 31.7 Å². The number of hydrogen-bond donors (Lipinski definition) is 4. The maximum atomic E-state index is 15.3. The zero-order valence-electron chi connectivity index (χ0n) is 23.3. The van der Waals surface area contributed by atoms with Gasteiger partial charge in [0.15, 0.2) is 11.6 Å². The normalized spacial score (nSPS) is 12.2. The standard InChI is InChI=1S/C29H32F2N8O2S/c1-33-22-10-19-20-15-37(2)29(41)27-26(20)17(12-35-27)14-39(28-21(31)9-18(30)13-36-28)23(19)11-24(22)38(8-7-34-16-42)25(40)5-3-4-6-32/h9-13,15-16,33,35H,3-8,14,32H2,1-2H3,(H,34,42). The predicted molar refractivity (Wildman–Crippen MR) is 165 cm³/mol. The molecule has 0 saturated heterocycles. The molecule has 0 spiro atoms. The molecule has 0 fully saturated rings. The predicted octanol–water partition coefficient (Wildman–Crippen LogP) is 3.91. The maximum Gasteiger partial charge on any atom is 0.274 e. The second-order valence-electron chi connectivity index (χ2n) is 10.1. The van der Waals surface area contributed by atoms with Gasteiger partial charge in [-0.1, -0.05) is 12.2 Å². The van der Waals surface area contributed by atoms with Gasteiger partial charge in [-0.05, 0) is 37.1 Å². The summed E-state index contributed by atoms with van der Waals surface area (Å²) >= 11 is 4.91. The Hall–Kier alpha value is -4.36. The van der Waals surface area contributed by atoms with E-state index >= 15 is 4.39 Å². The molecule has 0 bridgehead atoms. The minimum atomic E-state index is -0.840. The van der Waals surface area contributed by atoms with Crippen molar-refractivity contribution in [2.24, 2.45) is 12.8 Å². The Bertz CT molecular complexity index is 1720. The Kier molecular flexibility index (Phi) is 8.50. The molecule has 42 heavy (non-hydrogen) atoms. The number of fused-ring (bicyclic) bond motifs is 2. The number of aromatic nitrogens is 3. The van der Waals surface area contributed by atoms with Crippen LogP contribution >= 0.6 is 12.2 Å². The first-order chi connectivity index (χ1) is 20.3. The van der Waals surface area contributed by atoms with Crippen LogP contribution in [0.2, 0.25) is 0 Å². The highest BCUT2D eigenvalue weighted by molar-refractivity contribution is 7.78. The summed E-state index contributed by atoms with van der Waals surface area (Å²) in [6.45, 7) is 1.35. The average Bonchev–Trinajstić information content (AvgIpc) is 3.34. The summed E-state index contributed by atoms with van der Waals surface area (Å²) in [6.07, 6.45) is 6.07. The van der Waals surface area contributed by atoms with E-state index in [0.717, 1.165) is 23.4 Å². The highest BCUT2D eigenvalue weighted by Crippen LogP contribution is 2.47. The van der Waals surface area contributed by atoms with Crippen molar-refractivity contribution >= 4 is 57.4 Å². The van der Waals surface area contributed by atoms with Gasteiger partial charge in [-0.2, -0.15) is 0 Å². The topological polar surface area (TPSA) is 124 Å². The number of nitrogens with one attached hydrogen (secondary N) is 3. The second kappa shape index (κ2) is 12.2. The molecule has 4 aromatic rings. The molecule has 3 aromatic heterocycles. The summed E-state index contributed by atoms with van der Waals surface area (Å²) < 4.78 is 30.7. The quantitative estimate of drug-likeness (QED) is 0.152. The van der Waals surface area contributed by atoms with Crippen molar-refractivity contribution in [2.75, 3.05) is 41.8 Å². The number of hydrogen-bond acceptors (Lipinski definition) is 7. The summed E-state index contributed by atoms with van der Waals surface area (Å²) in [4.78, 5) is 37.1. The Labute approximate surface area is 246 Å². The fourth-order valence-electron chi connectivity index (χ4n) is 5.42. The molecule has 5 rings (SSSR count). The number of unbranched alkanes of at least 4 members (excludes halogenated alkanes) is 1. The summed E-state index contributed by atoms with van der Waals surface area (Å²) in [5.41, 5.74) is 11.2. The number of pyridine rings is 2. The Morgan fingerprint density at radius 2 is 2.07 bits per heavy atom. The van der Waals surface area contributed by atoms with Crippen molar-refractivity contribution in [3.05, 3.63) is 64.3 Å². The number of H-pyrrole nitrogens is 1. The first-order valence-corrected chi connectivity index (χ1v) is 14.1. The number of benzene rings is 1. The van der Waals surface area contributed by atoms with Crippen LogP contribution in [0.4, 0.5) is 31.7 Å². The van der Waals surface area contributed by atoms with Crippen molar-refractivity contribution < 1.29 is 13.6 Å². The van der Waals surface area contributed by atoms with Crippen LogP contribution in [0.5, 0.6) is 0 Å². The molecular formula is C29H32F2N8O2S. The second-order valence-corrected chi connectivity index (χ2v) is 10.3. The molecular weight excluding hydrogens is 562 g/mol. The minimum absolute atomic E-state index is 0.0853. The van der Waals surface area contributed by atoms with Gasteiger partial charge in [0.25, 0.3) is 5.56 Å². The molecule has 13 heteroatoms. The summed E-state index contributed by atoms with van der Waals surface area (Å²) in [5.74, 6) is -1.83. The Balaban J connectivity index is 1.77. The maximum absolute atomic E-state index is 15.3. The average molecular weight is 595 g/mol. The van der Waals surface area contributed by atoms with Gasteiger partial charge in [0, 0.05) is 68.6 Å². The highest BCUT2D eigenvalue weighted by Gasteiger charge is 2.30. The van der Waals surface area contributed by atoms with Gasteiger partial charge in [-0.3, -0.25) is 9.59 Å². The van der Waals surface area contributed by atoms with Crippen LogP contribution in [0.3, 0.4) is 0 Å². The molecule has 0 radical (unpaired) electrons. The Morgan fingerprint density at radius 3 is 2.79 bits per heavy atom. The van der Waals surface area contributed by atoms with Gasteiger partial charge in [0.2, 0.25) is 5.91 Å². The number of aromatic amines is 1. The molecule has 1 aromatic carbocycles. The first-order valence-electron chi connectivity index (χ1n) is 13.6. The summed E-state index contributed by atoms with van der Waals surface area (Å²) in [5, 5.41) is 6.89. The zero-order chi connectivity index (χ0) is 30.0. The SMILES string of the molecule is CNc1cc2c(cc1N(CCNC=S)C(=O)CCCCN)N(c1ncc(F)cc1F)Cc1c[nH]c3c(=O)n(C)cc-2c13. The van der Waals surface area contributed by atoms with Gasteiger partial charge in [0.05, 0.1) is 35.3 Å². The van der Waals surface area contributed by atoms with E-state index in [-0.39, 0.29) is 23.8 Å². The number of nitrogens with zero attached hydrogens (tertiary/aromatic N) is 4.